The summed E-state index contributed by atoms with van der Waals surface area (Å²) in [6.45, 7) is 4.55. The predicted octanol–water partition coefficient (Wildman–Crippen LogP) is 2.94. The van der Waals surface area contributed by atoms with E-state index in [2.05, 4.69) is 23.9 Å². The summed E-state index contributed by atoms with van der Waals surface area (Å²) in [6.07, 6.45) is 8.65. The number of aromatic nitrogens is 1. The molecule has 2 heterocycles. The molecule has 2 atom stereocenters. The molecule has 0 N–H and O–H groups in total. The Kier molecular flexibility index (Phi) is 3.66. The number of hydrogen-bond acceptors (Lipinski definition) is 1. The molecule has 16 heavy (non-hydrogen) atoms. The van der Waals surface area contributed by atoms with Gasteiger partial charge in [0.05, 0.1) is 25.7 Å². The van der Waals surface area contributed by atoms with E-state index in [1.54, 1.807) is 0 Å². The molecule has 0 bridgehead atoms. The van der Waals surface area contributed by atoms with E-state index < -0.39 is 0 Å². The Bertz CT molecular complexity index is 310. The van der Waals surface area contributed by atoms with E-state index in [-0.39, 0.29) is 4.65 Å². The number of rotatable bonds is 5. The molecule has 0 spiro atoms. The van der Waals surface area contributed by atoms with Crippen molar-refractivity contribution in [2.45, 2.75) is 38.6 Å². The zero-order chi connectivity index (χ0) is 11.4. The van der Waals surface area contributed by atoms with E-state index in [4.69, 9.17) is 0 Å². The second-order valence-corrected chi connectivity index (χ2v) is 4.97. The lowest BCUT2D eigenvalue weighted by atomic mass is 10.2. The highest BCUT2D eigenvalue weighted by Gasteiger charge is 2.31. The van der Waals surface area contributed by atoms with Gasteiger partial charge in [0.1, 0.15) is 0 Å². The maximum Gasteiger partial charge on any atom is 0.0996 e. The van der Waals surface area contributed by atoms with Crippen LogP contribution >= 0.6 is 0 Å². The summed E-state index contributed by atoms with van der Waals surface area (Å²) >= 11 is 0. The minimum Gasteiger partial charge on any atom is -0.633 e. The van der Waals surface area contributed by atoms with E-state index in [9.17, 15) is 5.21 Å². The van der Waals surface area contributed by atoms with Crippen molar-refractivity contribution < 1.29 is 4.65 Å². The first-order valence-corrected chi connectivity index (χ1v) is 6.43. The highest BCUT2D eigenvalue weighted by atomic mass is 16.5. The van der Waals surface area contributed by atoms with Gasteiger partial charge in [0.25, 0.3) is 0 Å². The van der Waals surface area contributed by atoms with Gasteiger partial charge < -0.3 is 14.4 Å². The highest BCUT2D eigenvalue weighted by Crippen LogP contribution is 2.28. The monoisotopic (exact) mass is 222 g/mol. The van der Waals surface area contributed by atoms with Crippen molar-refractivity contribution in [3.63, 3.8) is 0 Å². The molecule has 0 radical (unpaired) electrons. The minimum atomic E-state index is 0.0306. The maximum absolute atomic E-state index is 12.4. The van der Waals surface area contributed by atoms with Crippen LogP contribution in [0, 0.1) is 5.21 Å². The van der Waals surface area contributed by atoms with Crippen molar-refractivity contribution in [2.75, 3.05) is 19.6 Å². The van der Waals surface area contributed by atoms with Crippen molar-refractivity contribution in [3.05, 3.63) is 29.7 Å². The van der Waals surface area contributed by atoms with Gasteiger partial charge in [0, 0.05) is 18.8 Å². The second kappa shape index (κ2) is 5.02. The van der Waals surface area contributed by atoms with E-state index in [0.29, 0.717) is 6.04 Å². The van der Waals surface area contributed by atoms with Gasteiger partial charge in [-0.1, -0.05) is 13.3 Å². The van der Waals surface area contributed by atoms with E-state index in [0.717, 1.165) is 32.5 Å². The SMILES string of the molecule is CCCCC[N+]1([O-])CCC(n2cccc2)C1. The summed E-state index contributed by atoms with van der Waals surface area (Å²) in [5.41, 5.74) is 0. The van der Waals surface area contributed by atoms with Crippen LogP contribution in [0.3, 0.4) is 0 Å². The summed E-state index contributed by atoms with van der Waals surface area (Å²) in [4.78, 5) is 0. The molecule has 0 aromatic carbocycles. The Morgan fingerprint density at radius 3 is 2.75 bits per heavy atom. The Labute approximate surface area is 97.8 Å². The topological polar surface area (TPSA) is 28.0 Å². The Balaban J connectivity index is 1.86. The standard InChI is InChI=1S/C13H22N2O/c1-2-3-6-10-15(16)11-7-13(12-15)14-8-4-5-9-14/h4-5,8-9,13H,2-3,6-7,10-12H2,1H3. The zero-order valence-corrected chi connectivity index (χ0v) is 10.1. The molecule has 2 rings (SSSR count). The van der Waals surface area contributed by atoms with Gasteiger partial charge in [-0.2, -0.15) is 0 Å². The largest absolute Gasteiger partial charge is 0.633 e. The lowest BCUT2D eigenvalue weighted by molar-refractivity contribution is -0.869. The third kappa shape index (κ3) is 2.66. The van der Waals surface area contributed by atoms with Gasteiger partial charge in [-0.25, -0.2) is 0 Å². The van der Waals surface area contributed by atoms with Crippen LogP contribution in [0.15, 0.2) is 24.5 Å². The van der Waals surface area contributed by atoms with Crippen LogP contribution in [0.1, 0.15) is 38.6 Å². The molecule has 3 heteroatoms. The average Bonchev–Trinajstić information content (AvgIpc) is 2.87. The predicted molar refractivity (Wildman–Crippen MR) is 65.8 cm³/mol. The third-order valence-corrected chi connectivity index (χ3v) is 3.63. The van der Waals surface area contributed by atoms with Crippen LogP contribution in [0.2, 0.25) is 0 Å². The second-order valence-electron chi connectivity index (χ2n) is 4.97. The van der Waals surface area contributed by atoms with Crippen LogP contribution < -0.4 is 0 Å². The van der Waals surface area contributed by atoms with E-state index in [1.807, 2.05) is 12.1 Å². The normalized spacial score (nSPS) is 29.8. The van der Waals surface area contributed by atoms with Crippen LogP contribution in [0.25, 0.3) is 0 Å². The van der Waals surface area contributed by atoms with Crippen molar-refractivity contribution >= 4 is 0 Å². The van der Waals surface area contributed by atoms with Gasteiger partial charge in [0.2, 0.25) is 0 Å². The zero-order valence-electron chi connectivity index (χ0n) is 10.1. The Morgan fingerprint density at radius 1 is 1.31 bits per heavy atom. The van der Waals surface area contributed by atoms with E-state index in [1.165, 1.54) is 12.8 Å². The molecular weight excluding hydrogens is 200 g/mol. The molecule has 1 aliphatic heterocycles. The smallest absolute Gasteiger partial charge is 0.0996 e. The molecule has 1 aliphatic rings. The van der Waals surface area contributed by atoms with Crippen molar-refractivity contribution in [1.82, 2.24) is 4.57 Å². The van der Waals surface area contributed by atoms with Gasteiger partial charge in [-0.05, 0) is 25.0 Å². The van der Waals surface area contributed by atoms with Crippen LogP contribution in [0.5, 0.6) is 0 Å². The molecule has 1 aromatic rings. The average molecular weight is 222 g/mol. The lowest BCUT2D eigenvalue weighted by Crippen LogP contribution is -2.40. The van der Waals surface area contributed by atoms with Crippen molar-refractivity contribution in [3.8, 4) is 0 Å². The number of unbranched alkanes of at least 4 members (excludes halogenated alkanes) is 2. The number of nitrogens with zero attached hydrogens (tertiary/aromatic N) is 2. The number of likely N-dealkylation sites (tertiary alicyclic amines) is 1. The Morgan fingerprint density at radius 2 is 2.06 bits per heavy atom. The van der Waals surface area contributed by atoms with Crippen LogP contribution in [-0.4, -0.2) is 28.8 Å². The molecule has 0 amide bonds. The molecule has 2 unspecified atom stereocenters. The fourth-order valence-corrected chi connectivity index (χ4v) is 2.64. The first-order valence-electron chi connectivity index (χ1n) is 6.43. The molecule has 3 nitrogen and oxygen atoms in total. The molecule has 1 aromatic heterocycles. The summed E-state index contributed by atoms with van der Waals surface area (Å²) in [7, 11) is 0. The summed E-state index contributed by atoms with van der Waals surface area (Å²) in [5.74, 6) is 0. The first-order chi connectivity index (χ1) is 7.73. The molecule has 0 saturated carbocycles. The molecular formula is C13H22N2O. The number of hydrogen-bond donors (Lipinski definition) is 0. The summed E-state index contributed by atoms with van der Waals surface area (Å²) < 4.78 is 2.22. The number of quaternary nitrogens is 1. The quantitative estimate of drug-likeness (QED) is 0.427. The highest BCUT2D eigenvalue weighted by molar-refractivity contribution is 4.94. The lowest BCUT2D eigenvalue weighted by Gasteiger charge is -2.39. The minimum absolute atomic E-state index is 0.0306. The van der Waals surface area contributed by atoms with E-state index >= 15 is 0 Å². The fourth-order valence-electron chi connectivity index (χ4n) is 2.64. The van der Waals surface area contributed by atoms with Gasteiger partial charge in [0.15, 0.2) is 0 Å². The number of hydroxylamine groups is 3. The molecule has 1 fully saturated rings. The van der Waals surface area contributed by atoms with Gasteiger partial charge >= 0.3 is 0 Å². The van der Waals surface area contributed by atoms with Gasteiger partial charge in [-0.15, -0.1) is 0 Å². The first kappa shape index (κ1) is 11.7. The fraction of sp³-hybridized carbons (Fsp3) is 0.692. The van der Waals surface area contributed by atoms with Gasteiger partial charge in [-0.3, -0.25) is 0 Å². The molecule has 1 saturated heterocycles. The Hall–Kier alpha value is -0.800. The molecule has 90 valence electrons. The molecule has 0 aliphatic carbocycles. The van der Waals surface area contributed by atoms with Crippen molar-refractivity contribution in [1.29, 1.82) is 0 Å². The van der Waals surface area contributed by atoms with Crippen LogP contribution in [0.4, 0.5) is 0 Å². The van der Waals surface area contributed by atoms with Crippen molar-refractivity contribution in [2.24, 2.45) is 0 Å². The summed E-state index contributed by atoms with van der Waals surface area (Å²) in [5, 5.41) is 12.4. The third-order valence-electron chi connectivity index (χ3n) is 3.63. The summed E-state index contributed by atoms with van der Waals surface area (Å²) in [6, 6.07) is 4.50. The maximum atomic E-state index is 12.4. The van der Waals surface area contributed by atoms with Crippen LogP contribution in [-0.2, 0) is 0 Å².